The van der Waals surface area contributed by atoms with Crippen LogP contribution in [0.2, 0.25) is 0 Å². The Morgan fingerprint density at radius 1 is 0.328 bits per heavy atom. The molecule has 0 radical (unpaired) electrons. The molecule has 8 heteroatoms. The minimum Gasteiger partial charge on any atom is -0.324 e. The van der Waals surface area contributed by atoms with E-state index < -0.39 is 10.8 Å². The highest BCUT2D eigenvalue weighted by molar-refractivity contribution is 6.12. The van der Waals surface area contributed by atoms with Crippen LogP contribution in [0.1, 0.15) is 94.7 Å². The highest BCUT2D eigenvalue weighted by Gasteiger charge is 2.76. The predicted octanol–water partition coefficient (Wildman–Crippen LogP) is 14.4. The molecular formula is C56H56N8. The Labute approximate surface area is 374 Å². The molecule has 0 fully saturated rings. The molecule has 0 amide bonds. The maximum atomic E-state index is 5.87. The Balaban J connectivity index is 1.43. The third-order valence-corrected chi connectivity index (χ3v) is 14.7. The molecular weight excluding hydrogens is 785 g/mol. The fourth-order valence-corrected chi connectivity index (χ4v) is 13.2. The number of nitrogens with zero attached hydrogens (tertiary/aromatic N) is 6. The zero-order valence-electron chi connectivity index (χ0n) is 39.1. The summed E-state index contributed by atoms with van der Waals surface area (Å²) in [6.07, 6.45) is 0. The molecule has 8 bridgehead atoms. The number of hydrogen-bond donors (Lipinski definition) is 2. The number of hydrogen-bond acceptors (Lipinski definition) is 6. The van der Waals surface area contributed by atoms with Crippen LogP contribution in [0.3, 0.4) is 0 Å². The van der Waals surface area contributed by atoms with Gasteiger partial charge < -0.3 is 9.97 Å². The van der Waals surface area contributed by atoms with Crippen LogP contribution >= 0.6 is 0 Å². The smallest absolute Gasteiger partial charge is 0.164 e. The van der Waals surface area contributed by atoms with E-state index >= 15 is 0 Å². The first-order valence-corrected chi connectivity index (χ1v) is 22.6. The standard InChI is InChI=1S/C56H56N8/c1-51(2,3)55(52(4,5)6)49-62-47-41-29-35-23-17-15-21-33(35)27-39(41)45(60-47)58-43-37-25-31-19-13-14-20-32(31)26-38(37)44(57-43)59-46-40-28-34-22-16-18-24-36(34)30-42(40)48(61-46)63-50(64-49)56(55,53(7,8)9)54(10,11)12/h13-30H,1-12H3,(H2,57,58,59,60,61,62,63,64). The molecule has 9 aromatic rings. The summed E-state index contributed by atoms with van der Waals surface area (Å²) in [7, 11) is 0. The predicted molar refractivity (Wildman–Crippen MR) is 265 cm³/mol. The lowest BCUT2D eigenvalue weighted by atomic mass is 9.33. The summed E-state index contributed by atoms with van der Waals surface area (Å²) in [5, 5.41) is 10.6. The monoisotopic (exact) mass is 840 g/mol. The van der Waals surface area contributed by atoms with Crippen molar-refractivity contribution >= 4 is 76.5 Å². The fraction of sp³-hybridized carbons (Fsp3) is 0.321. The van der Waals surface area contributed by atoms with Gasteiger partial charge in [-0.05, 0) is 90.4 Å². The molecule has 0 spiro atoms. The van der Waals surface area contributed by atoms with Crippen molar-refractivity contribution in [1.82, 2.24) is 39.9 Å². The van der Waals surface area contributed by atoms with Crippen LogP contribution in [-0.4, -0.2) is 39.9 Å². The first-order chi connectivity index (χ1) is 30.2. The lowest BCUT2D eigenvalue weighted by Crippen LogP contribution is -2.70. The van der Waals surface area contributed by atoms with Crippen molar-refractivity contribution in [3.05, 3.63) is 121 Å². The fourth-order valence-electron chi connectivity index (χ4n) is 13.2. The van der Waals surface area contributed by atoms with Gasteiger partial charge in [-0.25, -0.2) is 29.9 Å². The average molecular weight is 841 g/mol. The third-order valence-electron chi connectivity index (χ3n) is 14.7. The zero-order chi connectivity index (χ0) is 44.9. The Kier molecular flexibility index (Phi) is 8.19. The van der Waals surface area contributed by atoms with Crippen molar-refractivity contribution in [3.8, 4) is 22.8 Å². The molecule has 64 heavy (non-hydrogen) atoms. The van der Waals surface area contributed by atoms with Crippen LogP contribution in [0.15, 0.2) is 109 Å². The Bertz CT molecular complexity index is 3360. The van der Waals surface area contributed by atoms with Crippen LogP contribution in [0.5, 0.6) is 0 Å². The summed E-state index contributed by atoms with van der Waals surface area (Å²) in [5.41, 5.74) is 1.81. The Morgan fingerprint density at radius 2 is 0.594 bits per heavy atom. The van der Waals surface area contributed by atoms with Crippen molar-refractivity contribution in [3.63, 3.8) is 0 Å². The van der Waals surface area contributed by atoms with E-state index in [4.69, 9.17) is 29.9 Å². The van der Waals surface area contributed by atoms with Crippen molar-refractivity contribution in [2.75, 3.05) is 0 Å². The van der Waals surface area contributed by atoms with Gasteiger partial charge in [0, 0.05) is 32.7 Å². The second-order valence-electron chi connectivity index (χ2n) is 22.3. The van der Waals surface area contributed by atoms with E-state index in [0.717, 1.165) is 76.6 Å². The van der Waals surface area contributed by atoms with Gasteiger partial charge in [0.25, 0.3) is 0 Å². The molecule has 6 aromatic carbocycles. The second kappa shape index (κ2) is 13.0. The molecule has 5 heterocycles. The van der Waals surface area contributed by atoms with E-state index in [1.54, 1.807) is 0 Å². The molecule has 0 unspecified atom stereocenters. The molecule has 320 valence electrons. The number of nitrogens with one attached hydrogen (secondary N) is 2. The molecule has 3 aromatic heterocycles. The van der Waals surface area contributed by atoms with Gasteiger partial charge in [0.05, 0.1) is 10.8 Å². The number of rotatable bonds is 0. The minimum atomic E-state index is -0.677. The first kappa shape index (κ1) is 40.2. The summed E-state index contributed by atoms with van der Waals surface area (Å²) in [4.78, 5) is 41.4. The molecule has 0 saturated carbocycles. The molecule has 2 N–H and O–H groups in total. The SMILES string of the molecule is CC(C)(C)C1(C(C)(C)C)c2nc(nc3[nH]c(nc4nc(nc5[nH]c(n2)c2cc6ccccc6cc52)-c2cc5ccccc5cc2-4)c2cc4ccccc4cc32)C1(C(C)(C)C)C(C)(C)C. The number of H-pyrrole nitrogens is 2. The number of fused-ring (bicyclic) bond motifs is 20. The van der Waals surface area contributed by atoms with E-state index in [-0.39, 0.29) is 21.7 Å². The molecule has 8 nitrogen and oxygen atoms in total. The molecule has 0 saturated heterocycles. The van der Waals surface area contributed by atoms with Crippen LogP contribution in [0.4, 0.5) is 0 Å². The minimum absolute atomic E-state index is 0.373. The molecule has 0 aliphatic carbocycles. The van der Waals surface area contributed by atoms with E-state index in [2.05, 4.69) is 202 Å². The second-order valence-corrected chi connectivity index (χ2v) is 22.3. The highest BCUT2D eigenvalue weighted by Crippen LogP contribution is 2.74. The summed E-state index contributed by atoms with van der Waals surface area (Å²) in [6, 6.07) is 38.8. The number of aromatic nitrogens is 8. The molecule has 11 rings (SSSR count). The van der Waals surface area contributed by atoms with Crippen LogP contribution < -0.4 is 0 Å². The molecule has 0 atom stereocenters. The molecule has 2 aliphatic rings. The topological polar surface area (TPSA) is 109 Å². The normalized spacial score (nSPS) is 15.4. The van der Waals surface area contributed by atoms with Crippen LogP contribution in [-0.2, 0) is 10.8 Å². The van der Waals surface area contributed by atoms with Crippen LogP contribution in [0.25, 0.3) is 99.2 Å². The summed E-state index contributed by atoms with van der Waals surface area (Å²) in [5.74, 6) is 2.71. The van der Waals surface area contributed by atoms with Gasteiger partial charge in [-0.2, -0.15) is 0 Å². The van der Waals surface area contributed by atoms with Crippen molar-refractivity contribution in [1.29, 1.82) is 0 Å². The maximum absolute atomic E-state index is 5.87. The lowest BCUT2D eigenvalue weighted by Gasteiger charge is -2.67. The van der Waals surface area contributed by atoms with Gasteiger partial charge in [0.1, 0.15) is 34.2 Å². The average Bonchev–Trinajstić information content (AvgIpc) is 3.93. The summed E-state index contributed by atoms with van der Waals surface area (Å²) in [6.45, 7) is 28.5. The van der Waals surface area contributed by atoms with Gasteiger partial charge in [-0.1, -0.05) is 156 Å². The third kappa shape index (κ3) is 5.34. The van der Waals surface area contributed by atoms with Gasteiger partial charge in [0.2, 0.25) is 0 Å². The van der Waals surface area contributed by atoms with E-state index in [1.165, 1.54) is 0 Å². The highest BCUT2D eigenvalue weighted by atomic mass is 15.1. The quantitative estimate of drug-likeness (QED) is 0.157. The first-order valence-electron chi connectivity index (χ1n) is 22.6. The Morgan fingerprint density at radius 3 is 0.875 bits per heavy atom. The van der Waals surface area contributed by atoms with Gasteiger partial charge in [-0.15, -0.1) is 0 Å². The van der Waals surface area contributed by atoms with E-state index in [9.17, 15) is 0 Å². The van der Waals surface area contributed by atoms with Crippen molar-refractivity contribution < 1.29 is 0 Å². The van der Waals surface area contributed by atoms with Crippen molar-refractivity contribution in [2.45, 2.75) is 93.9 Å². The zero-order valence-corrected chi connectivity index (χ0v) is 39.1. The maximum Gasteiger partial charge on any atom is 0.164 e. The Hall–Kier alpha value is -6.54. The largest absolute Gasteiger partial charge is 0.324 e. The van der Waals surface area contributed by atoms with Crippen LogP contribution in [0, 0.1) is 21.7 Å². The summed E-state index contributed by atoms with van der Waals surface area (Å²) < 4.78 is 0. The van der Waals surface area contributed by atoms with E-state index in [1.807, 2.05) is 0 Å². The number of benzene rings is 6. The van der Waals surface area contributed by atoms with Crippen molar-refractivity contribution in [2.24, 2.45) is 21.7 Å². The summed E-state index contributed by atoms with van der Waals surface area (Å²) >= 11 is 0. The van der Waals surface area contributed by atoms with Gasteiger partial charge in [0.15, 0.2) is 11.6 Å². The van der Waals surface area contributed by atoms with E-state index in [0.29, 0.717) is 34.2 Å². The molecule has 2 aliphatic heterocycles. The lowest BCUT2D eigenvalue weighted by molar-refractivity contribution is -0.128. The van der Waals surface area contributed by atoms with Gasteiger partial charge in [-0.3, -0.25) is 0 Å². The van der Waals surface area contributed by atoms with Gasteiger partial charge >= 0.3 is 0 Å². The number of aromatic amines is 2.